The minimum atomic E-state index is -4.38. The van der Waals surface area contributed by atoms with E-state index >= 15 is 0 Å². The van der Waals surface area contributed by atoms with Crippen LogP contribution < -0.4 is 5.32 Å². The Labute approximate surface area is 129 Å². The summed E-state index contributed by atoms with van der Waals surface area (Å²) >= 11 is 0. The summed E-state index contributed by atoms with van der Waals surface area (Å²) in [6, 6.07) is 9.35. The van der Waals surface area contributed by atoms with Crippen molar-refractivity contribution >= 4 is 5.82 Å². The van der Waals surface area contributed by atoms with E-state index in [2.05, 4.69) is 20.4 Å². The summed E-state index contributed by atoms with van der Waals surface area (Å²) in [4.78, 5) is 7.76. The summed E-state index contributed by atoms with van der Waals surface area (Å²) in [5.41, 5.74) is 1.04. The number of benzene rings is 1. The largest absolute Gasteiger partial charge is 0.416 e. The maximum absolute atomic E-state index is 12.6. The van der Waals surface area contributed by atoms with E-state index in [4.69, 9.17) is 0 Å². The second-order valence-electron chi connectivity index (χ2n) is 4.79. The number of hydrogen-bond donors (Lipinski definition) is 1. The zero-order valence-electron chi connectivity index (χ0n) is 11.8. The van der Waals surface area contributed by atoms with Gasteiger partial charge in [0.25, 0.3) is 0 Å². The molecule has 0 fully saturated rings. The van der Waals surface area contributed by atoms with Gasteiger partial charge in [0.1, 0.15) is 18.5 Å². The first-order valence-electron chi connectivity index (χ1n) is 6.73. The number of nitrogens with zero attached hydrogens (tertiary/aromatic N) is 4. The molecular formula is C15H12F3N5. The van der Waals surface area contributed by atoms with Crippen molar-refractivity contribution in [3.63, 3.8) is 0 Å². The average Bonchev–Trinajstić information content (AvgIpc) is 3.07. The molecule has 8 heteroatoms. The van der Waals surface area contributed by atoms with Crippen LogP contribution in [0.4, 0.5) is 19.0 Å². The molecule has 1 N–H and O–H groups in total. The van der Waals surface area contributed by atoms with E-state index in [0.29, 0.717) is 6.54 Å². The Morgan fingerprint density at radius 3 is 2.52 bits per heavy atom. The van der Waals surface area contributed by atoms with Crippen LogP contribution in [0.15, 0.2) is 55.2 Å². The first-order chi connectivity index (χ1) is 11.0. The number of halogens is 3. The summed E-state index contributed by atoms with van der Waals surface area (Å²) in [5.74, 6) is 0.181. The summed E-state index contributed by atoms with van der Waals surface area (Å²) in [7, 11) is 0. The van der Waals surface area contributed by atoms with Crippen molar-refractivity contribution in [3.8, 4) is 5.69 Å². The van der Waals surface area contributed by atoms with Crippen LogP contribution in [-0.4, -0.2) is 19.7 Å². The lowest BCUT2D eigenvalue weighted by molar-refractivity contribution is -0.137. The van der Waals surface area contributed by atoms with Gasteiger partial charge in [0, 0.05) is 12.7 Å². The zero-order chi connectivity index (χ0) is 16.3. The van der Waals surface area contributed by atoms with Gasteiger partial charge >= 0.3 is 6.18 Å². The number of rotatable bonds is 4. The van der Waals surface area contributed by atoms with Gasteiger partial charge in [-0.3, -0.25) is 0 Å². The fourth-order valence-corrected chi connectivity index (χ4v) is 2.00. The summed E-state index contributed by atoms with van der Waals surface area (Å²) in [5, 5.41) is 6.90. The van der Waals surface area contributed by atoms with Gasteiger partial charge in [-0.05, 0) is 29.8 Å². The summed E-state index contributed by atoms with van der Waals surface area (Å²) < 4.78 is 39.5. The van der Waals surface area contributed by atoms with E-state index in [1.54, 1.807) is 11.0 Å². The highest BCUT2D eigenvalue weighted by atomic mass is 19.4. The molecule has 5 nitrogen and oxygen atoms in total. The van der Waals surface area contributed by atoms with Crippen LogP contribution in [-0.2, 0) is 12.7 Å². The molecule has 0 saturated heterocycles. The van der Waals surface area contributed by atoms with Gasteiger partial charge in [0.2, 0.25) is 0 Å². The van der Waals surface area contributed by atoms with Crippen LogP contribution in [0, 0.1) is 0 Å². The van der Waals surface area contributed by atoms with E-state index in [1.807, 2.05) is 24.3 Å². The molecular weight excluding hydrogens is 307 g/mol. The number of nitrogens with one attached hydrogen (secondary N) is 1. The second kappa shape index (κ2) is 6.07. The predicted molar refractivity (Wildman–Crippen MR) is 77.9 cm³/mol. The van der Waals surface area contributed by atoms with Crippen molar-refractivity contribution in [2.75, 3.05) is 5.32 Å². The third kappa shape index (κ3) is 3.65. The number of aromatic nitrogens is 4. The third-order valence-electron chi connectivity index (χ3n) is 3.18. The third-order valence-corrected chi connectivity index (χ3v) is 3.18. The number of alkyl halides is 3. The number of hydrogen-bond acceptors (Lipinski definition) is 4. The van der Waals surface area contributed by atoms with Gasteiger partial charge in [0.05, 0.1) is 11.3 Å². The molecule has 118 valence electrons. The molecule has 3 rings (SSSR count). The first-order valence-corrected chi connectivity index (χ1v) is 6.73. The van der Waals surface area contributed by atoms with Crippen LogP contribution >= 0.6 is 0 Å². The molecule has 0 amide bonds. The van der Waals surface area contributed by atoms with Gasteiger partial charge in [-0.2, -0.15) is 18.3 Å². The average molecular weight is 319 g/mol. The Hall–Kier alpha value is -2.90. The Kier molecular flexibility index (Phi) is 3.96. The number of pyridine rings is 1. The minimum Gasteiger partial charge on any atom is -0.366 e. The quantitative estimate of drug-likeness (QED) is 0.802. The van der Waals surface area contributed by atoms with Crippen LogP contribution in [0.25, 0.3) is 5.69 Å². The summed E-state index contributed by atoms with van der Waals surface area (Å²) in [6.07, 6.45) is -0.216. The molecule has 0 aliphatic heterocycles. The standard InChI is InChI=1S/C15H12F3N5/c16-15(17,18)12-5-6-20-14(7-12)21-8-11-1-3-13(4-2-11)23-10-19-9-22-23/h1-7,9-10H,8H2,(H,20,21). The molecule has 0 bridgehead atoms. The Morgan fingerprint density at radius 1 is 1.09 bits per heavy atom. The highest BCUT2D eigenvalue weighted by molar-refractivity contribution is 5.40. The lowest BCUT2D eigenvalue weighted by Gasteiger charge is -2.10. The van der Waals surface area contributed by atoms with E-state index in [9.17, 15) is 13.2 Å². The highest BCUT2D eigenvalue weighted by Crippen LogP contribution is 2.29. The van der Waals surface area contributed by atoms with Crippen molar-refractivity contribution in [1.82, 2.24) is 19.7 Å². The molecule has 23 heavy (non-hydrogen) atoms. The molecule has 0 radical (unpaired) electrons. The van der Waals surface area contributed by atoms with Gasteiger partial charge < -0.3 is 5.32 Å². The summed E-state index contributed by atoms with van der Waals surface area (Å²) in [6.45, 7) is 0.367. The van der Waals surface area contributed by atoms with Gasteiger partial charge in [-0.25, -0.2) is 14.6 Å². The minimum absolute atomic E-state index is 0.181. The molecule has 2 heterocycles. The molecule has 0 aliphatic carbocycles. The van der Waals surface area contributed by atoms with E-state index in [-0.39, 0.29) is 5.82 Å². The van der Waals surface area contributed by atoms with Gasteiger partial charge in [0.15, 0.2) is 0 Å². The van der Waals surface area contributed by atoms with Crippen LogP contribution in [0.2, 0.25) is 0 Å². The van der Waals surface area contributed by atoms with Crippen molar-refractivity contribution < 1.29 is 13.2 Å². The molecule has 1 aromatic carbocycles. The molecule has 2 aromatic heterocycles. The maximum atomic E-state index is 12.6. The Morgan fingerprint density at radius 2 is 1.87 bits per heavy atom. The smallest absolute Gasteiger partial charge is 0.366 e. The molecule has 0 spiro atoms. The van der Waals surface area contributed by atoms with Gasteiger partial charge in [-0.1, -0.05) is 12.1 Å². The number of anilines is 1. The lowest BCUT2D eigenvalue weighted by Crippen LogP contribution is -2.07. The fourth-order valence-electron chi connectivity index (χ4n) is 2.00. The highest BCUT2D eigenvalue weighted by Gasteiger charge is 2.30. The Balaban J connectivity index is 1.67. The van der Waals surface area contributed by atoms with Gasteiger partial charge in [-0.15, -0.1) is 0 Å². The normalized spacial score (nSPS) is 11.4. The monoisotopic (exact) mass is 319 g/mol. The molecule has 0 aliphatic rings. The van der Waals surface area contributed by atoms with E-state index in [0.717, 1.165) is 29.6 Å². The predicted octanol–water partition coefficient (Wildman–Crippen LogP) is 3.29. The lowest BCUT2D eigenvalue weighted by atomic mass is 10.2. The molecule has 0 saturated carbocycles. The molecule has 0 unspecified atom stereocenters. The maximum Gasteiger partial charge on any atom is 0.416 e. The van der Waals surface area contributed by atoms with Crippen LogP contribution in [0.3, 0.4) is 0 Å². The molecule has 3 aromatic rings. The van der Waals surface area contributed by atoms with Crippen molar-refractivity contribution in [2.45, 2.75) is 12.7 Å². The first kappa shape index (κ1) is 15.0. The van der Waals surface area contributed by atoms with Crippen LogP contribution in [0.5, 0.6) is 0 Å². The van der Waals surface area contributed by atoms with E-state index in [1.165, 1.54) is 6.33 Å². The fraction of sp³-hybridized carbons (Fsp3) is 0.133. The van der Waals surface area contributed by atoms with Crippen molar-refractivity contribution in [1.29, 1.82) is 0 Å². The van der Waals surface area contributed by atoms with Crippen LogP contribution in [0.1, 0.15) is 11.1 Å². The second-order valence-corrected chi connectivity index (χ2v) is 4.79. The van der Waals surface area contributed by atoms with Crippen molar-refractivity contribution in [2.24, 2.45) is 0 Å². The topological polar surface area (TPSA) is 55.6 Å². The Bertz CT molecular complexity index is 767. The van der Waals surface area contributed by atoms with Crippen molar-refractivity contribution in [3.05, 3.63) is 66.4 Å². The molecule has 0 atom stereocenters. The van der Waals surface area contributed by atoms with E-state index < -0.39 is 11.7 Å². The zero-order valence-corrected chi connectivity index (χ0v) is 11.8. The SMILES string of the molecule is FC(F)(F)c1ccnc(NCc2ccc(-n3cncn3)cc2)c1.